The lowest BCUT2D eigenvalue weighted by Gasteiger charge is -2.17. The molecule has 1 aliphatic heterocycles. The van der Waals surface area contributed by atoms with Crippen molar-refractivity contribution in [3.63, 3.8) is 0 Å². The molecule has 1 aliphatic rings. The van der Waals surface area contributed by atoms with Gasteiger partial charge < -0.3 is 14.8 Å². The summed E-state index contributed by atoms with van der Waals surface area (Å²) in [5, 5.41) is 14.6. The van der Waals surface area contributed by atoms with Gasteiger partial charge in [-0.15, -0.1) is 0 Å². The maximum atomic E-state index is 12.4. The number of hydrogen-bond acceptors (Lipinski definition) is 8. The first-order valence-electron chi connectivity index (χ1n) is 10.3. The number of nitrogens with zero attached hydrogens (tertiary/aromatic N) is 2. The van der Waals surface area contributed by atoms with Crippen LogP contribution in [-0.2, 0) is 19.1 Å². The topological polar surface area (TPSA) is 157 Å². The average Bonchev–Trinajstić information content (AvgIpc) is 3.19. The predicted molar refractivity (Wildman–Crippen MR) is 118 cm³/mol. The molecule has 3 amide bonds. The number of nitro groups is 1. The Morgan fingerprint density at radius 1 is 1.15 bits per heavy atom. The van der Waals surface area contributed by atoms with E-state index in [9.17, 15) is 29.3 Å². The standard InChI is InChI=1S/C22H22N4O8/c1-2-33-16-9-7-15(8-10-16)23-19(27)13-34-22(30)14-11-20(28)25(12-14)24-21(29)17-5-3-4-6-18(17)26(31)32/h3-10,14H,2,11-13H2,1H3,(H,23,27)(H,24,29)/t14-/m1/s1. The van der Waals surface area contributed by atoms with Crippen LogP contribution in [0.3, 0.4) is 0 Å². The van der Waals surface area contributed by atoms with Crippen molar-refractivity contribution in [2.45, 2.75) is 13.3 Å². The van der Waals surface area contributed by atoms with Gasteiger partial charge in [-0.1, -0.05) is 12.1 Å². The highest BCUT2D eigenvalue weighted by atomic mass is 16.6. The van der Waals surface area contributed by atoms with Gasteiger partial charge in [-0.2, -0.15) is 0 Å². The molecular weight excluding hydrogens is 448 g/mol. The summed E-state index contributed by atoms with van der Waals surface area (Å²) in [6.07, 6.45) is -0.240. The Bertz CT molecular complexity index is 1100. The normalized spacial score (nSPS) is 14.9. The molecule has 1 heterocycles. The van der Waals surface area contributed by atoms with Gasteiger partial charge in [0.1, 0.15) is 11.3 Å². The third-order valence-electron chi connectivity index (χ3n) is 4.83. The van der Waals surface area contributed by atoms with E-state index in [0.717, 1.165) is 5.01 Å². The highest BCUT2D eigenvalue weighted by Gasteiger charge is 2.37. The molecule has 178 valence electrons. The first-order chi connectivity index (χ1) is 16.3. The van der Waals surface area contributed by atoms with Crippen LogP contribution in [0.4, 0.5) is 11.4 Å². The molecule has 0 unspecified atom stereocenters. The summed E-state index contributed by atoms with van der Waals surface area (Å²) in [5.74, 6) is -3.02. The quantitative estimate of drug-likeness (QED) is 0.318. The summed E-state index contributed by atoms with van der Waals surface area (Å²) in [6.45, 7) is 1.62. The van der Waals surface area contributed by atoms with Crippen LogP contribution in [0, 0.1) is 16.0 Å². The molecule has 12 heteroatoms. The van der Waals surface area contributed by atoms with Gasteiger partial charge in [-0.25, -0.2) is 0 Å². The molecule has 0 bridgehead atoms. The van der Waals surface area contributed by atoms with Crippen molar-refractivity contribution in [3.8, 4) is 5.75 Å². The van der Waals surface area contributed by atoms with Crippen LogP contribution >= 0.6 is 0 Å². The van der Waals surface area contributed by atoms with E-state index in [1.165, 1.54) is 24.3 Å². The van der Waals surface area contributed by atoms with Gasteiger partial charge in [-0.3, -0.25) is 39.7 Å². The monoisotopic (exact) mass is 470 g/mol. The number of esters is 1. The van der Waals surface area contributed by atoms with Crippen LogP contribution in [0.5, 0.6) is 5.75 Å². The summed E-state index contributed by atoms with van der Waals surface area (Å²) >= 11 is 0. The van der Waals surface area contributed by atoms with E-state index in [1.54, 1.807) is 24.3 Å². The van der Waals surface area contributed by atoms with Crippen LogP contribution in [0.2, 0.25) is 0 Å². The van der Waals surface area contributed by atoms with E-state index in [1.807, 2.05) is 6.92 Å². The van der Waals surface area contributed by atoms with Gasteiger partial charge in [-0.05, 0) is 37.3 Å². The number of anilines is 1. The second-order valence-electron chi connectivity index (χ2n) is 7.23. The fourth-order valence-corrected chi connectivity index (χ4v) is 3.23. The van der Waals surface area contributed by atoms with Gasteiger partial charge in [0.2, 0.25) is 5.91 Å². The largest absolute Gasteiger partial charge is 0.494 e. The maximum absolute atomic E-state index is 12.4. The van der Waals surface area contributed by atoms with Gasteiger partial charge in [0, 0.05) is 18.2 Å². The van der Waals surface area contributed by atoms with E-state index < -0.39 is 46.8 Å². The summed E-state index contributed by atoms with van der Waals surface area (Å²) in [7, 11) is 0. The second kappa shape index (κ2) is 10.9. The molecule has 1 atom stereocenters. The molecule has 34 heavy (non-hydrogen) atoms. The Kier molecular flexibility index (Phi) is 7.75. The van der Waals surface area contributed by atoms with Gasteiger partial charge in [0.15, 0.2) is 6.61 Å². The molecule has 3 rings (SSSR count). The van der Waals surface area contributed by atoms with E-state index in [-0.39, 0.29) is 18.5 Å². The van der Waals surface area contributed by atoms with Crippen LogP contribution < -0.4 is 15.5 Å². The second-order valence-corrected chi connectivity index (χ2v) is 7.23. The number of hydrazine groups is 1. The SMILES string of the molecule is CCOc1ccc(NC(=O)COC(=O)[C@@H]2CC(=O)N(NC(=O)c3ccccc3[N+](=O)[O-])C2)cc1. The molecule has 0 aliphatic carbocycles. The van der Waals surface area contributed by atoms with Crippen molar-refractivity contribution < 1.29 is 33.6 Å². The minimum atomic E-state index is -0.906. The number of carbonyl (C=O) groups excluding carboxylic acids is 4. The highest BCUT2D eigenvalue weighted by Crippen LogP contribution is 2.21. The van der Waals surface area contributed by atoms with Crippen molar-refractivity contribution in [2.75, 3.05) is 25.1 Å². The molecule has 0 saturated carbocycles. The number of nitro benzene ring substituents is 1. The van der Waals surface area contributed by atoms with Crippen molar-refractivity contribution in [1.82, 2.24) is 10.4 Å². The van der Waals surface area contributed by atoms with Gasteiger partial charge >= 0.3 is 5.97 Å². The zero-order valence-corrected chi connectivity index (χ0v) is 18.2. The lowest BCUT2D eigenvalue weighted by atomic mass is 10.1. The smallest absolute Gasteiger partial charge is 0.311 e. The number of benzene rings is 2. The van der Waals surface area contributed by atoms with Gasteiger partial charge in [0.05, 0.1) is 24.0 Å². The number of ether oxygens (including phenoxy) is 2. The Labute approximate surface area is 193 Å². The third kappa shape index (κ3) is 6.06. The minimum absolute atomic E-state index is 0.190. The summed E-state index contributed by atoms with van der Waals surface area (Å²) < 4.78 is 10.3. The minimum Gasteiger partial charge on any atom is -0.494 e. The molecule has 0 aromatic heterocycles. The maximum Gasteiger partial charge on any atom is 0.311 e. The Balaban J connectivity index is 1.49. The Morgan fingerprint density at radius 3 is 2.53 bits per heavy atom. The molecule has 12 nitrogen and oxygen atoms in total. The predicted octanol–water partition coefficient (Wildman–Crippen LogP) is 1.67. The van der Waals surface area contributed by atoms with Crippen molar-refractivity contribution in [1.29, 1.82) is 0 Å². The number of rotatable bonds is 9. The van der Waals surface area contributed by atoms with Crippen LogP contribution in [0.15, 0.2) is 48.5 Å². The summed E-state index contributed by atoms with van der Waals surface area (Å²) in [4.78, 5) is 59.4. The van der Waals surface area contributed by atoms with Crippen LogP contribution in [0.25, 0.3) is 0 Å². The first kappa shape index (κ1) is 24.2. The number of nitrogens with one attached hydrogen (secondary N) is 2. The number of hydrogen-bond donors (Lipinski definition) is 2. The molecule has 0 spiro atoms. The van der Waals surface area contributed by atoms with Crippen LogP contribution in [0.1, 0.15) is 23.7 Å². The summed E-state index contributed by atoms with van der Waals surface area (Å²) in [5.41, 5.74) is 2.13. The zero-order chi connectivity index (χ0) is 24.7. The molecule has 2 aromatic rings. The van der Waals surface area contributed by atoms with E-state index in [2.05, 4.69) is 10.7 Å². The molecule has 1 saturated heterocycles. The van der Waals surface area contributed by atoms with E-state index >= 15 is 0 Å². The van der Waals surface area contributed by atoms with Crippen molar-refractivity contribution >= 4 is 35.1 Å². The lowest BCUT2D eigenvalue weighted by Crippen LogP contribution is -2.43. The Hall–Kier alpha value is -4.48. The molecule has 2 aromatic carbocycles. The van der Waals surface area contributed by atoms with Crippen molar-refractivity contribution in [2.24, 2.45) is 5.92 Å². The highest BCUT2D eigenvalue weighted by molar-refractivity contribution is 5.99. The number of carbonyl (C=O) groups is 4. The number of amides is 3. The fourth-order valence-electron chi connectivity index (χ4n) is 3.23. The lowest BCUT2D eigenvalue weighted by molar-refractivity contribution is -0.385. The fraction of sp³-hybridized carbons (Fsp3) is 0.273. The molecule has 1 fully saturated rings. The van der Waals surface area contributed by atoms with Crippen molar-refractivity contribution in [3.05, 3.63) is 64.2 Å². The number of para-hydroxylation sites is 1. The zero-order valence-electron chi connectivity index (χ0n) is 18.2. The average molecular weight is 470 g/mol. The molecule has 2 N–H and O–H groups in total. The Morgan fingerprint density at radius 2 is 1.85 bits per heavy atom. The van der Waals surface area contributed by atoms with Crippen LogP contribution in [-0.4, -0.2) is 53.4 Å². The van der Waals surface area contributed by atoms with E-state index in [4.69, 9.17) is 9.47 Å². The summed E-state index contributed by atoms with van der Waals surface area (Å²) in [6, 6.07) is 11.9. The molecular formula is C22H22N4O8. The molecule has 0 radical (unpaired) electrons. The van der Waals surface area contributed by atoms with E-state index in [0.29, 0.717) is 18.0 Å². The van der Waals surface area contributed by atoms with Gasteiger partial charge in [0.25, 0.3) is 17.5 Å². The first-order valence-corrected chi connectivity index (χ1v) is 10.3. The third-order valence-corrected chi connectivity index (χ3v) is 4.83.